The molecular weight excluding hydrogens is 406 g/mol. The number of urea groups is 1. The van der Waals surface area contributed by atoms with Crippen LogP contribution >= 0.6 is 11.8 Å². The minimum Gasteiger partial charge on any atom is -0.486 e. The number of carbonyl (C=O) groups excluding carboxylic acids is 2. The number of rotatable bonds is 5. The normalized spacial score (nSPS) is 12.3. The number of nitrogens with one attached hydrogen (secondary N) is 2. The van der Waals surface area contributed by atoms with Gasteiger partial charge in [0.1, 0.15) is 19.0 Å². The van der Waals surface area contributed by atoms with Crippen LogP contribution in [-0.2, 0) is 4.79 Å². The van der Waals surface area contributed by atoms with Gasteiger partial charge < -0.3 is 14.8 Å². The number of hydrogen-bond acceptors (Lipinski definition) is 7. The molecule has 30 heavy (non-hydrogen) atoms. The number of hydrogen-bond donors (Lipinski definition) is 2. The molecule has 0 radical (unpaired) electrons. The van der Waals surface area contributed by atoms with Gasteiger partial charge in [0.05, 0.1) is 5.75 Å². The molecule has 2 N–H and O–H groups in total. The fourth-order valence-electron chi connectivity index (χ4n) is 2.89. The molecule has 1 aliphatic rings. The molecule has 3 amide bonds. The molecule has 0 fully saturated rings. The molecule has 1 aliphatic heterocycles. The van der Waals surface area contributed by atoms with Crippen LogP contribution in [0, 0.1) is 6.92 Å². The van der Waals surface area contributed by atoms with Crippen LogP contribution in [0.5, 0.6) is 11.5 Å². The largest absolute Gasteiger partial charge is 0.486 e. The molecular formula is C20H19N5O4S. The zero-order chi connectivity index (χ0) is 20.9. The SMILES string of the molecule is Cc1nnc(SCC(=O)NC(=O)Nc2ccc3c(c2)OCCO3)n1-c1ccccc1. The Morgan fingerprint density at radius 1 is 1.07 bits per heavy atom. The maximum Gasteiger partial charge on any atom is 0.325 e. The van der Waals surface area contributed by atoms with Gasteiger partial charge in [-0.3, -0.25) is 14.7 Å². The van der Waals surface area contributed by atoms with Gasteiger partial charge in [0.15, 0.2) is 16.7 Å². The maximum atomic E-state index is 12.2. The van der Waals surface area contributed by atoms with Crippen LogP contribution in [0.15, 0.2) is 53.7 Å². The van der Waals surface area contributed by atoms with Gasteiger partial charge >= 0.3 is 6.03 Å². The standard InChI is InChI=1S/C20H19N5O4S/c1-13-23-24-20(25(13)15-5-3-2-4-6-15)30-12-18(26)22-19(27)21-14-7-8-16-17(11-14)29-10-9-28-16/h2-8,11H,9-10,12H2,1H3,(H2,21,22,26,27). The predicted molar refractivity (Wildman–Crippen MR) is 111 cm³/mol. The summed E-state index contributed by atoms with van der Waals surface area (Å²) in [4.78, 5) is 24.3. The lowest BCUT2D eigenvalue weighted by atomic mass is 10.2. The molecule has 0 saturated heterocycles. The zero-order valence-electron chi connectivity index (χ0n) is 16.1. The molecule has 2 heterocycles. The van der Waals surface area contributed by atoms with Crippen LogP contribution in [0.4, 0.5) is 10.5 Å². The van der Waals surface area contributed by atoms with E-state index in [9.17, 15) is 9.59 Å². The molecule has 0 atom stereocenters. The minimum atomic E-state index is -0.627. The first-order valence-corrected chi connectivity index (χ1v) is 10.2. The van der Waals surface area contributed by atoms with Crippen LogP contribution in [-0.4, -0.2) is 45.7 Å². The van der Waals surface area contributed by atoms with E-state index in [0.717, 1.165) is 5.69 Å². The van der Waals surface area contributed by atoms with Gasteiger partial charge in [-0.25, -0.2) is 4.79 Å². The average molecular weight is 425 g/mol. The van der Waals surface area contributed by atoms with E-state index in [2.05, 4.69) is 20.8 Å². The van der Waals surface area contributed by atoms with Crippen LogP contribution in [0.25, 0.3) is 5.69 Å². The molecule has 9 nitrogen and oxygen atoms in total. The van der Waals surface area contributed by atoms with E-state index in [1.54, 1.807) is 18.2 Å². The molecule has 3 aromatic rings. The Kier molecular flexibility index (Phi) is 5.84. The van der Waals surface area contributed by atoms with Crippen molar-refractivity contribution in [2.24, 2.45) is 0 Å². The molecule has 0 saturated carbocycles. The number of nitrogens with zero attached hydrogens (tertiary/aromatic N) is 3. The first-order valence-electron chi connectivity index (χ1n) is 9.21. The molecule has 4 rings (SSSR count). The van der Waals surface area contributed by atoms with Crippen molar-refractivity contribution in [3.05, 3.63) is 54.4 Å². The fourth-order valence-corrected chi connectivity index (χ4v) is 3.68. The molecule has 0 aliphatic carbocycles. The van der Waals surface area contributed by atoms with Gasteiger partial charge in [0, 0.05) is 17.4 Å². The van der Waals surface area contributed by atoms with Crippen LogP contribution in [0.1, 0.15) is 5.82 Å². The minimum absolute atomic E-state index is 0.0134. The number of fused-ring (bicyclic) bond motifs is 1. The fraction of sp³-hybridized carbons (Fsp3) is 0.200. The third-order valence-electron chi connectivity index (χ3n) is 4.19. The topological polar surface area (TPSA) is 107 Å². The third kappa shape index (κ3) is 4.54. The quantitative estimate of drug-likeness (QED) is 0.605. The summed E-state index contributed by atoms with van der Waals surface area (Å²) < 4.78 is 12.8. The van der Waals surface area contributed by atoms with Crippen molar-refractivity contribution < 1.29 is 19.1 Å². The summed E-state index contributed by atoms with van der Waals surface area (Å²) in [6.07, 6.45) is 0. The molecule has 2 aromatic carbocycles. The van der Waals surface area contributed by atoms with Gasteiger partial charge in [-0.05, 0) is 31.2 Å². The lowest BCUT2D eigenvalue weighted by Gasteiger charge is -2.19. The highest BCUT2D eigenvalue weighted by atomic mass is 32.2. The van der Waals surface area contributed by atoms with Gasteiger partial charge in [-0.2, -0.15) is 0 Å². The second-order valence-electron chi connectivity index (χ2n) is 6.35. The highest BCUT2D eigenvalue weighted by Gasteiger charge is 2.16. The van der Waals surface area contributed by atoms with Crippen molar-refractivity contribution in [2.45, 2.75) is 12.1 Å². The van der Waals surface area contributed by atoms with Crippen molar-refractivity contribution in [2.75, 3.05) is 24.3 Å². The molecule has 154 valence electrons. The second-order valence-corrected chi connectivity index (χ2v) is 7.29. The maximum absolute atomic E-state index is 12.2. The smallest absolute Gasteiger partial charge is 0.325 e. The number of aryl methyl sites for hydroxylation is 1. The highest BCUT2D eigenvalue weighted by molar-refractivity contribution is 7.99. The molecule has 0 spiro atoms. The summed E-state index contributed by atoms with van der Waals surface area (Å²) in [5.41, 5.74) is 1.40. The third-order valence-corrected chi connectivity index (χ3v) is 5.12. The summed E-state index contributed by atoms with van der Waals surface area (Å²) in [7, 11) is 0. The van der Waals surface area contributed by atoms with E-state index in [1.807, 2.05) is 41.8 Å². The monoisotopic (exact) mass is 425 g/mol. The number of ether oxygens (including phenoxy) is 2. The summed E-state index contributed by atoms with van der Waals surface area (Å²) in [5, 5.41) is 13.7. The van der Waals surface area contributed by atoms with E-state index >= 15 is 0 Å². The summed E-state index contributed by atoms with van der Waals surface area (Å²) in [6, 6.07) is 14.0. The van der Waals surface area contributed by atoms with Crippen molar-refractivity contribution in [3.8, 4) is 17.2 Å². The number of carbonyl (C=O) groups is 2. The molecule has 0 bridgehead atoms. The number of benzene rings is 2. The molecule has 10 heteroatoms. The van der Waals surface area contributed by atoms with E-state index in [4.69, 9.17) is 9.47 Å². The Balaban J connectivity index is 1.33. The van der Waals surface area contributed by atoms with E-state index in [1.165, 1.54) is 11.8 Å². The molecule has 1 aromatic heterocycles. The summed E-state index contributed by atoms with van der Waals surface area (Å²) in [6.45, 7) is 2.78. The molecule has 0 unspecified atom stereocenters. The van der Waals surface area contributed by atoms with Crippen LogP contribution in [0.2, 0.25) is 0 Å². The predicted octanol–water partition coefficient (Wildman–Crippen LogP) is 2.79. The zero-order valence-corrected chi connectivity index (χ0v) is 16.9. The summed E-state index contributed by atoms with van der Waals surface area (Å²) >= 11 is 1.20. The van der Waals surface area contributed by atoms with E-state index < -0.39 is 11.9 Å². The van der Waals surface area contributed by atoms with E-state index in [0.29, 0.717) is 41.4 Å². The number of imide groups is 1. The lowest BCUT2D eigenvalue weighted by molar-refractivity contribution is -0.117. The number of anilines is 1. The van der Waals surface area contributed by atoms with Gasteiger partial charge in [-0.1, -0.05) is 30.0 Å². The van der Waals surface area contributed by atoms with Crippen molar-refractivity contribution in [3.63, 3.8) is 0 Å². The van der Waals surface area contributed by atoms with Gasteiger partial charge in [0.2, 0.25) is 5.91 Å². The van der Waals surface area contributed by atoms with Gasteiger partial charge in [0.25, 0.3) is 0 Å². The Hall–Kier alpha value is -3.53. The number of thioether (sulfide) groups is 1. The number of para-hydroxylation sites is 1. The second kappa shape index (κ2) is 8.87. The van der Waals surface area contributed by atoms with Crippen LogP contribution in [0.3, 0.4) is 0 Å². The first kappa shape index (κ1) is 19.8. The Morgan fingerprint density at radius 3 is 2.63 bits per heavy atom. The lowest BCUT2D eigenvalue weighted by Crippen LogP contribution is -2.35. The average Bonchev–Trinajstić information content (AvgIpc) is 3.13. The summed E-state index contributed by atoms with van der Waals surface area (Å²) in [5.74, 6) is 1.45. The van der Waals surface area contributed by atoms with Crippen molar-refractivity contribution in [1.29, 1.82) is 0 Å². The Bertz CT molecular complexity index is 1070. The number of amides is 3. The Morgan fingerprint density at radius 2 is 1.83 bits per heavy atom. The highest BCUT2D eigenvalue weighted by Crippen LogP contribution is 2.32. The van der Waals surface area contributed by atoms with Gasteiger partial charge in [-0.15, -0.1) is 10.2 Å². The van der Waals surface area contributed by atoms with E-state index in [-0.39, 0.29) is 5.75 Å². The van der Waals surface area contributed by atoms with Crippen molar-refractivity contribution >= 4 is 29.4 Å². The van der Waals surface area contributed by atoms with Crippen LogP contribution < -0.4 is 20.1 Å². The first-order chi connectivity index (χ1) is 14.6. The Labute approximate surface area is 176 Å². The number of aromatic nitrogens is 3. The van der Waals surface area contributed by atoms with Crippen molar-refractivity contribution in [1.82, 2.24) is 20.1 Å².